The number of para-hydroxylation sites is 1. The number of benzene rings is 2. The molecule has 5 nitrogen and oxygen atoms in total. The maximum atomic E-state index is 13.2. The van der Waals surface area contributed by atoms with Gasteiger partial charge in [0.25, 0.3) is 0 Å². The van der Waals surface area contributed by atoms with E-state index in [9.17, 15) is 4.39 Å². The number of anilines is 1. The summed E-state index contributed by atoms with van der Waals surface area (Å²) in [5.41, 5.74) is 2.15. The van der Waals surface area contributed by atoms with E-state index in [1.54, 1.807) is 12.1 Å². The summed E-state index contributed by atoms with van der Waals surface area (Å²) < 4.78 is 17.7. The van der Waals surface area contributed by atoms with Crippen LogP contribution in [0.5, 0.6) is 0 Å². The molecule has 2 aromatic carbocycles. The van der Waals surface area contributed by atoms with Crippen LogP contribution in [0.1, 0.15) is 0 Å². The van der Waals surface area contributed by atoms with Crippen molar-refractivity contribution in [3.63, 3.8) is 0 Å². The van der Waals surface area contributed by atoms with Gasteiger partial charge in [0.15, 0.2) is 12.5 Å². The van der Waals surface area contributed by atoms with Gasteiger partial charge in [0.1, 0.15) is 5.82 Å². The van der Waals surface area contributed by atoms with Crippen molar-refractivity contribution < 1.29 is 9.29 Å². The summed E-state index contributed by atoms with van der Waals surface area (Å²) in [6.07, 6.45) is 0. The predicted molar refractivity (Wildman–Crippen MR) is 107 cm³/mol. The van der Waals surface area contributed by atoms with Crippen LogP contribution in [-0.4, -0.2) is 40.5 Å². The zero-order valence-electron chi connectivity index (χ0n) is 15.3. The average molecular weight is 385 g/mol. The van der Waals surface area contributed by atoms with E-state index in [1.807, 2.05) is 22.4 Å². The van der Waals surface area contributed by atoms with E-state index in [2.05, 4.69) is 29.2 Å². The van der Waals surface area contributed by atoms with Gasteiger partial charge >= 0.3 is 0 Å². The molecule has 1 N–H and O–H groups in total. The van der Waals surface area contributed by atoms with Crippen molar-refractivity contribution in [2.24, 2.45) is 7.05 Å². The molecule has 1 saturated heterocycles. The Labute approximate surface area is 163 Å². The summed E-state index contributed by atoms with van der Waals surface area (Å²) in [5, 5.41) is 4.70. The van der Waals surface area contributed by atoms with E-state index in [-0.39, 0.29) is 5.82 Å². The number of quaternary nitrogens is 1. The standard InChI is InChI=1S/C20H22FN5S/c1-23-19(16-7-9-17(21)10-8-16)22-26(20(23)27)15-24-11-13-25(14-12-24)18-5-3-2-4-6-18/h2-10H,11-15H2,1H3/p+1. The first-order valence-electron chi connectivity index (χ1n) is 9.15. The van der Waals surface area contributed by atoms with Gasteiger partial charge in [0.05, 0.1) is 26.2 Å². The molecular weight excluding hydrogens is 361 g/mol. The second-order valence-corrected chi connectivity index (χ2v) is 7.27. The molecule has 4 rings (SSSR count). The van der Waals surface area contributed by atoms with Crippen LogP contribution < -0.4 is 9.80 Å². The Bertz CT molecular complexity index is 956. The number of nitrogens with one attached hydrogen (secondary N) is 1. The number of nitrogens with zero attached hydrogens (tertiary/aromatic N) is 4. The van der Waals surface area contributed by atoms with E-state index in [0.717, 1.165) is 44.2 Å². The predicted octanol–water partition coefficient (Wildman–Crippen LogP) is 2.12. The molecule has 1 aliphatic heterocycles. The molecule has 1 aromatic heterocycles. The van der Waals surface area contributed by atoms with Gasteiger partial charge in [-0.2, -0.15) is 4.68 Å². The summed E-state index contributed by atoms with van der Waals surface area (Å²) in [6.45, 7) is 4.86. The van der Waals surface area contributed by atoms with Crippen LogP contribution in [0.4, 0.5) is 10.1 Å². The minimum absolute atomic E-state index is 0.250. The summed E-state index contributed by atoms with van der Waals surface area (Å²) in [7, 11) is 1.91. The van der Waals surface area contributed by atoms with Crippen LogP contribution in [0.2, 0.25) is 0 Å². The third kappa shape index (κ3) is 3.79. The first kappa shape index (κ1) is 17.9. The van der Waals surface area contributed by atoms with Crippen molar-refractivity contribution in [3.05, 3.63) is 65.2 Å². The largest absolute Gasteiger partial charge is 0.360 e. The number of aromatic nitrogens is 3. The van der Waals surface area contributed by atoms with Crippen molar-refractivity contribution in [3.8, 4) is 11.4 Å². The van der Waals surface area contributed by atoms with Crippen molar-refractivity contribution in [1.82, 2.24) is 14.3 Å². The monoisotopic (exact) mass is 384 g/mol. The van der Waals surface area contributed by atoms with Crippen LogP contribution in [0.3, 0.4) is 0 Å². The maximum absolute atomic E-state index is 13.2. The molecular formula is C20H23FN5S+. The average Bonchev–Trinajstić information content (AvgIpc) is 2.98. The molecule has 0 radical (unpaired) electrons. The highest BCUT2D eigenvalue weighted by molar-refractivity contribution is 7.71. The second-order valence-electron chi connectivity index (χ2n) is 6.90. The van der Waals surface area contributed by atoms with Gasteiger partial charge in [-0.1, -0.05) is 18.2 Å². The molecule has 2 heterocycles. The van der Waals surface area contributed by atoms with Gasteiger partial charge in [-0.05, 0) is 48.6 Å². The van der Waals surface area contributed by atoms with Crippen LogP contribution in [0, 0.1) is 10.6 Å². The lowest BCUT2D eigenvalue weighted by atomic mass is 10.2. The fraction of sp³-hybridized carbons (Fsp3) is 0.300. The van der Waals surface area contributed by atoms with Crippen LogP contribution in [0.15, 0.2) is 54.6 Å². The maximum Gasteiger partial charge on any atom is 0.202 e. The topological polar surface area (TPSA) is 30.4 Å². The Hall–Kier alpha value is -2.51. The van der Waals surface area contributed by atoms with Crippen molar-refractivity contribution in [1.29, 1.82) is 0 Å². The van der Waals surface area contributed by atoms with Gasteiger partial charge in [0, 0.05) is 18.3 Å². The first-order valence-corrected chi connectivity index (χ1v) is 9.56. The number of hydrogen-bond donors (Lipinski definition) is 1. The van der Waals surface area contributed by atoms with E-state index < -0.39 is 0 Å². The summed E-state index contributed by atoms with van der Waals surface area (Å²) in [4.78, 5) is 3.88. The zero-order chi connectivity index (χ0) is 18.8. The van der Waals surface area contributed by atoms with E-state index in [1.165, 1.54) is 22.7 Å². The molecule has 140 valence electrons. The SMILES string of the molecule is Cn1c(-c2ccc(F)cc2)nn(C[NH+]2CCN(c3ccccc3)CC2)c1=S. The van der Waals surface area contributed by atoms with Gasteiger partial charge < -0.3 is 14.4 Å². The van der Waals surface area contributed by atoms with E-state index >= 15 is 0 Å². The Balaban J connectivity index is 1.45. The van der Waals surface area contributed by atoms with Crippen LogP contribution >= 0.6 is 12.2 Å². The zero-order valence-corrected chi connectivity index (χ0v) is 16.1. The van der Waals surface area contributed by atoms with Crippen molar-refractivity contribution in [2.45, 2.75) is 6.67 Å². The lowest BCUT2D eigenvalue weighted by Gasteiger charge is -2.33. The summed E-state index contributed by atoms with van der Waals surface area (Å²) in [5.74, 6) is 0.516. The van der Waals surface area contributed by atoms with Gasteiger partial charge in [-0.3, -0.25) is 0 Å². The highest BCUT2D eigenvalue weighted by Crippen LogP contribution is 2.17. The Morgan fingerprint density at radius 3 is 2.37 bits per heavy atom. The molecule has 1 aliphatic rings. The minimum atomic E-state index is -0.250. The highest BCUT2D eigenvalue weighted by Gasteiger charge is 2.21. The van der Waals surface area contributed by atoms with Gasteiger partial charge in [-0.15, -0.1) is 5.10 Å². The number of rotatable bonds is 4. The summed E-state index contributed by atoms with van der Waals surface area (Å²) in [6, 6.07) is 16.9. The van der Waals surface area contributed by atoms with Crippen molar-refractivity contribution in [2.75, 3.05) is 31.1 Å². The number of piperazine rings is 1. The molecule has 0 spiro atoms. The number of halogens is 1. The molecule has 0 amide bonds. The van der Waals surface area contributed by atoms with E-state index in [0.29, 0.717) is 4.77 Å². The molecule has 0 bridgehead atoms. The third-order valence-electron chi connectivity index (χ3n) is 5.11. The summed E-state index contributed by atoms with van der Waals surface area (Å²) >= 11 is 5.57. The highest BCUT2D eigenvalue weighted by atomic mass is 32.1. The quantitative estimate of drug-likeness (QED) is 0.699. The third-order valence-corrected chi connectivity index (χ3v) is 5.59. The fourth-order valence-corrected chi connectivity index (χ4v) is 3.72. The van der Waals surface area contributed by atoms with Gasteiger partial charge in [-0.25, -0.2) is 4.39 Å². The Morgan fingerprint density at radius 2 is 1.70 bits per heavy atom. The lowest BCUT2D eigenvalue weighted by molar-refractivity contribution is -0.924. The molecule has 0 aliphatic carbocycles. The molecule has 27 heavy (non-hydrogen) atoms. The number of hydrogen-bond acceptors (Lipinski definition) is 3. The minimum Gasteiger partial charge on any atom is -0.360 e. The van der Waals surface area contributed by atoms with E-state index in [4.69, 9.17) is 17.3 Å². The van der Waals surface area contributed by atoms with Crippen molar-refractivity contribution >= 4 is 17.9 Å². The molecule has 0 unspecified atom stereocenters. The molecule has 0 saturated carbocycles. The van der Waals surface area contributed by atoms with Crippen LogP contribution in [-0.2, 0) is 13.7 Å². The van der Waals surface area contributed by atoms with Crippen LogP contribution in [0.25, 0.3) is 11.4 Å². The normalized spacial score (nSPS) is 15.3. The lowest BCUT2D eigenvalue weighted by Crippen LogP contribution is -3.14. The molecule has 3 aromatic rings. The molecule has 1 fully saturated rings. The second kappa shape index (κ2) is 7.62. The molecule has 7 heteroatoms. The fourth-order valence-electron chi connectivity index (χ4n) is 3.53. The smallest absolute Gasteiger partial charge is 0.202 e. The Morgan fingerprint density at radius 1 is 1.04 bits per heavy atom. The van der Waals surface area contributed by atoms with Gasteiger partial charge in [0.2, 0.25) is 4.77 Å². The molecule has 0 atom stereocenters. The first-order chi connectivity index (χ1) is 13.1. The Kier molecular flexibility index (Phi) is 5.05.